The predicted molar refractivity (Wildman–Crippen MR) is 75.0 cm³/mol. The number of anilines is 1. The van der Waals surface area contributed by atoms with Gasteiger partial charge in [0.25, 0.3) is 5.69 Å². The van der Waals surface area contributed by atoms with Gasteiger partial charge >= 0.3 is 0 Å². The summed E-state index contributed by atoms with van der Waals surface area (Å²) in [5, 5.41) is 10.7. The van der Waals surface area contributed by atoms with Crippen molar-refractivity contribution in [2.24, 2.45) is 17.6 Å². The van der Waals surface area contributed by atoms with Crippen molar-refractivity contribution in [2.45, 2.75) is 18.9 Å². The van der Waals surface area contributed by atoms with Crippen LogP contribution in [0.2, 0.25) is 0 Å². The molecule has 1 saturated carbocycles. The molecule has 3 atom stereocenters. The van der Waals surface area contributed by atoms with Crippen LogP contribution in [0.3, 0.4) is 0 Å². The van der Waals surface area contributed by atoms with Gasteiger partial charge in [0.15, 0.2) is 0 Å². The van der Waals surface area contributed by atoms with Gasteiger partial charge in [0.05, 0.1) is 9.40 Å². The van der Waals surface area contributed by atoms with E-state index in [4.69, 9.17) is 5.73 Å². The van der Waals surface area contributed by atoms with Gasteiger partial charge in [0, 0.05) is 25.2 Å². The van der Waals surface area contributed by atoms with Crippen LogP contribution >= 0.6 is 15.9 Å². The van der Waals surface area contributed by atoms with Gasteiger partial charge in [-0.1, -0.05) is 0 Å². The maximum absolute atomic E-state index is 10.7. The van der Waals surface area contributed by atoms with E-state index < -0.39 is 4.92 Å². The van der Waals surface area contributed by atoms with Gasteiger partial charge in [0.1, 0.15) is 12.0 Å². The first-order valence-electron chi connectivity index (χ1n) is 6.36. The Balaban J connectivity index is 1.82. The Kier molecular flexibility index (Phi) is 3.18. The fourth-order valence-electron chi connectivity index (χ4n) is 3.23. The molecule has 2 N–H and O–H groups in total. The highest BCUT2D eigenvalue weighted by Crippen LogP contribution is 2.40. The summed E-state index contributed by atoms with van der Waals surface area (Å²) < 4.78 is 0.676. The zero-order chi connectivity index (χ0) is 13.6. The van der Waals surface area contributed by atoms with Gasteiger partial charge in [-0.3, -0.25) is 10.1 Å². The second kappa shape index (κ2) is 4.72. The number of nitrogens with zero attached hydrogens (tertiary/aromatic N) is 3. The van der Waals surface area contributed by atoms with Crippen LogP contribution in [0, 0.1) is 22.0 Å². The molecule has 2 fully saturated rings. The molecule has 3 rings (SSSR count). The van der Waals surface area contributed by atoms with Gasteiger partial charge in [0.2, 0.25) is 0 Å². The van der Waals surface area contributed by atoms with Gasteiger partial charge < -0.3 is 10.6 Å². The number of pyridine rings is 1. The molecule has 3 unspecified atom stereocenters. The van der Waals surface area contributed by atoms with Crippen molar-refractivity contribution >= 4 is 27.4 Å². The lowest BCUT2D eigenvalue weighted by Crippen LogP contribution is -2.30. The van der Waals surface area contributed by atoms with Crippen molar-refractivity contribution in [3.05, 3.63) is 26.9 Å². The minimum absolute atomic E-state index is 0.00622. The Bertz CT molecular complexity index is 524. The lowest BCUT2D eigenvalue weighted by molar-refractivity contribution is -0.385. The minimum Gasteiger partial charge on any atom is -0.355 e. The first-order chi connectivity index (χ1) is 9.06. The van der Waals surface area contributed by atoms with Crippen molar-refractivity contribution in [3.8, 4) is 0 Å². The highest BCUT2D eigenvalue weighted by molar-refractivity contribution is 9.10. The number of rotatable bonds is 2. The molecule has 2 heterocycles. The predicted octanol–water partition coefficient (Wildman–Crippen LogP) is 1.93. The van der Waals surface area contributed by atoms with Crippen LogP contribution in [-0.4, -0.2) is 29.0 Å². The first kappa shape index (κ1) is 12.8. The maximum atomic E-state index is 10.7. The lowest BCUT2D eigenvalue weighted by Gasteiger charge is -2.20. The number of halogens is 1. The molecule has 1 aliphatic carbocycles. The van der Waals surface area contributed by atoms with E-state index >= 15 is 0 Å². The molecule has 1 saturated heterocycles. The standard InChI is InChI=1S/C12H15BrN4O2/c13-10-3-8(17(18)19)4-15-12(10)16-5-7-1-2-11(14)9(7)6-16/h3-4,7,9,11H,1-2,5-6,14H2. The summed E-state index contributed by atoms with van der Waals surface area (Å²) in [5.41, 5.74) is 6.12. The number of nitrogens with two attached hydrogens (primary N) is 1. The number of aromatic nitrogens is 1. The summed E-state index contributed by atoms with van der Waals surface area (Å²) in [5.74, 6) is 1.95. The molecule has 102 valence electrons. The molecular formula is C12H15BrN4O2. The van der Waals surface area contributed by atoms with Crippen LogP contribution in [-0.2, 0) is 0 Å². The third-order valence-corrected chi connectivity index (χ3v) is 4.81. The van der Waals surface area contributed by atoms with E-state index in [9.17, 15) is 10.1 Å². The van der Waals surface area contributed by atoms with Crippen LogP contribution < -0.4 is 10.6 Å². The minimum atomic E-state index is -0.434. The number of fused-ring (bicyclic) bond motifs is 1. The number of nitro groups is 1. The van der Waals surface area contributed by atoms with Crippen LogP contribution in [0.15, 0.2) is 16.7 Å². The smallest absolute Gasteiger partial charge is 0.288 e. The molecule has 19 heavy (non-hydrogen) atoms. The molecule has 1 aromatic rings. The highest BCUT2D eigenvalue weighted by atomic mass is 79.9. The first-order valence-corrected chi connectivity index (χ1v) is 7.16. The molecule has 0 amide bonds. The topological polar surface area (TPSA) is 85.3 Å². The summed E-state index contributed by atoms with van der Waals surface area (Å²) in [4.78, 5) is 16.7. The Hall–Kier alpha value is -1.21. The Morgan fingerprint density at radius 3 is 2.89 bits per heavy atom. The molecule has 1 aromatic heterocycles. The Labute approximate surface area is 119 Å². The average Bonchev–Trinajstić information content (AvgIpc) is 2.92. The van der Waals surface area contributed by atoms with Crippen LogP contribution in [0.4, 0.5) is 11.5 Å². The van der Waals surface area contributed by atoms with Gasteiger partial charge in [-0.2, -0.15) is 0 Å². The monoisotopic (exact) mass is 326 g/mol. The van der Waals surface area contributed by atoms with Crippen LogP contribution in [0.25, 0.3) is 0 Å². The van der Waals surface area contributed by atoms with Gasteiger partial charge in [-0.25, -0.2) is 4.98 Å². The summed E-state index contributed by atoms with van der Waals surface area (Å²) in [6.45, 7) is 1.84. The lowest BCUT2D eigenvalue weighted by atomic mass is 9.98. The third kappa shape index (κ3) is 2.21. The normalized spacial score (nSPS) is 29.6. The molecule has 0 radical (unpaired) electrons. The fraction of sp³-hybridized carbons (Fsp3) is 0.583. The second-order valence-corrected chi connectivity index (χ2v) is 6.18. The van der Waals surface area contributed by atoms with Crippen molar-refractivity contribution < 1.29 is 4.92 Å². The van der Waals surface area contributed by atoms with E-state index in [0.717, 1.165) is 25.3 Å². The molecule has 0 spiro atoms. The molecular weight excluding hydrogens is 312 g/mol. The molecule has 2 aliphatic rings. The van der Waals surface area contributed by atoms with Crippen molar-refractivity contribution in [2.75, 3.05) is 18.0 Å². The summed E-state index contributed by atoms with van der Waals surface area (Å²) in [6, 6.07) is 1.79. The van der Waals surface area contributed by atoms with Gasteiger partial charge in [-0.05, 0) is 40.6 Å². The largest absolute Gasteiger partial charge is 0.355 e. The molecule has 0 aromatic carbocycles. The van der Waals surface area contributed by atoms with Crippen LogP contribution in [0.5, 0.6) is 0 Å². The van der Waals surface area contributed by atoms with E-state index in [-0.39, 0.29) is 11.7 Å². The van der Waals surface area contributed by atoms with E-state index in [1.54, 1.807) is 0 Å². The van der Waals surface area contributed by atoms with E-state index in [1.807, 2.05) is 0 Å². The molecule has 7 heteroatoms. The van der Waals surface area contributed by atoms with Crippen molar-refractivity contribution in [1.82, 2.24) is 4.98 Å². The van der Waals surface area contributed by atoms with Gasteiger partial charge in [-0.15, -0.1) is 0 Å². The average molecular weight is 327 g/mol. The summed E-state index contributed by atoms with van der Waals surface area (Å²) in [6.07, 6.45) is 3.60. The van der Waals surface area contributed by atoms with Crippen molar-refractivity contribution in [3.63, 3.8) is 0 Å². The van der Waals surface area contributed by atoms with Crippen LogP contribution in [0.1, 0.15) is 12.8 Å². The third-order valence-electron chi connectivity index (χ3n) is 4.23. The number of hydrogen-bond donors (Lipinski definition) is 1. The van der Waals surface area contributed by atoms with E-state index in [1.165, 1.54) is 18.7 Å². The summed E-state index contributed by atoms with van der Waals surface area (Å²) in [7, 11) is 0. The number of hydrogen-bond acceptors (Lipinski definition) is 5. The maximum Gasteiger partial charge on any atom is 0.288 e. The Morgan fingerprint density at radius 2 is 2.26 bits per heavy atom. The SMILES string of the molecule is NC1CCC2CN(c3ncc([N+](=O)[O-])cc3Br)CC12. The zero-order valence-corrected chi connectivity index (χ0v) is 11.9. The molecule has 1 aliphatic heterocycles. The van der Waals surface area contributed by atoms with E-state index in [0.29, 0.717) is 16.3 Å². The zero-order valence-electron chi connectivity index (χ0n) is 10.3. The summed E-state index contributed by atoms with van der Waals surface area (Å²) >= 11 is 3.38. The molecule has 0 bridgehead atoms. The molecule has 6 nitrogen and oxygen atoms in total. The Morgan fingerprint density at radius 1 is 1.47 bits per heavy atom. The second-order valence-electron chi connectivity index (χ2n) is 5.33. The van der Waals surface area contributed by atoms with Crippen molar-refractivity contribution in [1.29, 1.82) is 0 Å². The van der Waals surface area contributed by atoms with E-state index in [2.05, 4.69) is 25.8 Å². The quantitative estimate of drug-likeness (QED) is 0.663. The fourth-order valence-corrected chi connectivity index (χ4v) is 3.82. The highest BCUT2D eigenvalue weighted by Gasteiger charge is 2.41.